The number of H-pyrrole nitrogens is 1. The molecule has 4 nitrogen and oxygen atoms in total. The minimum absolute atomic E-state index is 0.498. The molecule has 1 heterocycles. The van der Waals surface area contributed by atoms with Gasteiger partial charge in [0.2, 0.25) is 0 Å². The number of aromatic nitrogens is 3. The Morgan fingerprint density at radius 3 is 3.22 bits per heavy atom. The zero-order valence-electron chi connectivity index (χ0n) is 4.87. The van der Waals surface area contributed by atoms with Crippen LogP contribution in [-0.2, 0) is 11.2 Å². The van der Waals surface area contributed by atoms with Crippen molar-refractivity contribution in [1.29, 1.82) is 0 Å². The fourth-order valence-corrected chi connectivity index (χ4v) is 0.544. The van der Waals surface area contributed by atoms with Gasteiger partial charge in [-0.25, -0.2) is 4.98 Å². The van der Waals surface area contributed by atoms with E-state index in [2.05, 4.69) is 15.2 Å². The highest BCUT2D eigenvalue weighted by molar-refractivity contribution is 5.49. The molecule has 0 aliphatic rings. The van der Waals surface area contributed by atoms with E-state index in [0.717, 1.165) is 6.29 Å². The monoisotopic (exact) mass is 125 g/mol. The summed E-state index contributed by atoms with van der Waals surface area (Å²) in [4.78, 5) is 13.7. The smallest absolute Gasteiger partial charge is 0.150 e. The van der Waals surface area contributed by atoms with E-state index in [4.69, 9.17) is 0 Å². The van der Waals surface area contributed by atoms with E-state index >= 15 is 0 Å². The van der Waals surface area contributed by atoms with Gasteiger partial charge in [-0.2, -0.15) is 5.10 Å². The lowest BCUT2D eigenvalue weighted by Crippen LogP contribution is -1.87. The summed E-state index contributed by atoms with van der Waals surface area (Å²) in [6, 6.07) is 0. The zero-order valence-corrected chi connectivity index (χ0v) is 4.87. The van der Waals surface area contributed by atoms with Crippen LogP contribution in [0.2, 0.25) is 0 Å². The molecule has 0 radical (unpaired) electrons. The Hall–Kier alpha value is -1.19. The SMILES string of the molecule is O=CCCc1nc[nH]n1. The van der Waals surface area contributed by atoms with Gasteiger partial charge in [-0.3, -0.25) is 5.10 Å². The maximum atomic E-state index is 9.83. The van der Waals surface area contributed by atoms with Crippen molar-refractivity contribution in [3.8, 4) is 0 Å². The number of hydrogen-bond acceptors (Lipinski definition) is 3. The molecule has 0 aliphatic carbocycles. The van der Waals surface area contributed by atoms with Crippen LogP contribution in [0.15, 0.2) is 6.33 Å². The molecule has 0 fully saturated rings. The van der Waals surface area contributed by atoms with Crippen molar-refractivity contribution in [2.24, 2.45) is 0 Å². The number of aromatic amines is 1. The largest absolute Gasteiger partial charge is 0.303 e. The van der Waals surface area contributed by atoms with Crippen molar-refractivity contribution in [2.75, 3.05) is 0 Å². The molecule has 9 heavy (non-hydrogen) atoms. The van der Waals surface area contributed by atoms with Crippen LogP contribution in [-0.4, -0.2) is 21.5 Å². The number of nitrogens with one attached hydrogen (secondary N) is 1. The van der Waals surface area contributed by atoms with Gasteiger partial charge in [0.15, 0.2) is 5.82 Å². The molecule has 1 N–H and O–H groups in total. The Kier molecular flexibility index (Phi) is 1.95. The van der Waals surface area contributed by atoms with Gasteiger partial charge in [-0.15, -0.1) is 0 Å². The first kappa shape index (κ1) is 5.94. The van der Waals surface area contributed by atoms with E-state index in [9.17, 15) is 4.79 Å². The number of aryl methyl sites for hydroxylation is 1. The molecule has 0 unspecified atom stereocenters. The summed E-state index contributed by atoms with van der Waals surface area (Å²) in [5.74, 6) is 0.696. The average molecular weight is 125 g/mol. The van der Waals surface area contributed by atoms with E-state index in [1.165, 1.54) is 6.33 Å². The molecule has 0 bridgehead atoms. The lowest BCUT2D eigenvalue weighted by Gasteiger charge is -1.82. The molecule has 1 rings (SSSR count). The van der Waals surface area contributed by atoms with E-state index in [1.54, 1.807) is 0 Å². The standard InChI is InChI=1S/C5H7N3O/c9-3-1-2-5-6-4-7-8-5/h3-4H,1-2H2,(H,6,7,8). The maximum Gasteiger partial charge on any atom is 0.150 e. The summed E-state index contributed by atoms with van der Waals surface area (Å²) < 4.78 is 0. The minimum atomic E-state index is 0.498. The van der Waals surface area contributed by atoms with Gasteiger partial charge in [0.05, 0.1) is 0 Å². The topological polar surface area (TPSA) is 58.6 Å². The Balaban J connectivity index is 2.38. The molecule has 0 spiro atoms. The van der Waals surface area contributed by atoms with Crippen LogP contribution in [0.1, 0.15) is 12.2 Å². The Bertz CT molecular complexity index is 170. The highest BCUT2D eigenvalue weighted by Crippen LogP contribution is 1.88. The van der Waals surface area contributed by atoms with Crippen molar-refractivity contribution in [3.05, 3.63) is 12.2 Å². The molecule has 48 valence electrons. The highest BCUT2D eigenvalue weighted by Gasteiger charge is 1.92. The van der Waals surface area contributed by atoms with E-state index in [1.807, 2.05) is 0 Å². The summed E-state index contributed by atoms with van der Waals surface area (Å²) in [6.07, 6.45) is 3.49. The minimum Gasteiger partial charge on any atom is -0.303 e. The third-order valence-corrected chi connectivity index (χ3v) is 0.951. The van der Waals surface area contributed by atoms with Crippen LogP contribution >= 0.6 is 0 Å². The van der Waals surface area contributed by atoms with Gasteiger partial charge in [0, 0.05) is 12.8 Å². The number of hydrogen-bond donors (Lipinski definition) is 1. The molecule has 1 aromatic rings. The summed E-state index contributed by atoms with van der Waals surface area (Å²) in [5, 5.41) is 6.32. The third kappa shape index (κ3) is 1.64. The molecule has 4 heteroatoms. The maximum absolute atomic E-state index is 9.83. The highest BCUT2D eigenvalue weighted by atomic mass is 16.1. The fraction of sp³-hybridized carbons (Fsp3) is 0.400. The van der Waals surface area contributed by atoms with Crippen LogP contribution in [0.5, 0.6) is 0 Å². The van der Waals surface area contributed by atoms with Gasteiger partial charge >= 0.3 is 0 Å². The molecular weight excluding hydrogens is 118 g/mol. The molecule has 1 aromatic heterocycles. The van der Waals surface area contributed by atoms with Crippen LogP contribution < -0.4 is 0 Å². The number of carbonyl (C=O) groups is 1. The Morgan fingerprint density at radius 2 is 2.67 bits per heavy atom. The molecule has 0 saturated carbocycles. The van der Waals surface area contributed by atoms with Crippen molar-refractivity contribution in [1.82, 2.24) is 15.2 Å². The summed E-state index contributed by atoms with van der Waals surface area (Å²) in [7, 11) is 0. The normalized spacial score (nSPS) is 9.33. The van der Waals surface area contributed by atoms with Crippen LogP contribution in [0, 0.1) is 0 Å². The molecule has 0 atom stereocenters. The van der Waals surface area contributed by atoms with Crippen molar-refractivity contribution >= 4 is 6.29 Å². The van der Waals surface area contributed by atoms with Gasteiger partial charge in [0.25, 0.3) is 0 Å². The van der Waals surface area contributed by atoms with Gasteiger partial charge in [0.1, 0.15) is 12.6 Å². The predicted molar refractivity (Wildman–Crippen MR) is 30.8 cm³/mol. The molecule has 0 saturated heterocycles. The first-order valence-electron chi connectivity index (χ1n) is 2.72. The van der Waals surface area contributed by atoms with Crippen molar-refractivity contribution in [3.63, 3.8) is 0 Å². The average Bonchev–Trinajstić information content (AvgIpc) is 2.34. The van der Waals surface area contributed by atoms with Crippen LogP contribution in [0.4, 0.5) is 0 Å². The van der Waals surface area contributed by atoms with E-state index in [-0.39, 0.29) is 0 Å². The van der Waals surface area contributed by atoms with Crippen molar-refractivity contribution < 1.29 is 4.79 Å². The lowest BCUT2D eigenvalue weighted by atomic mass is 10.3. The third-order valence-electron chi connectivity index (χ3n) is 0.951. The summed E-state index contributed by atoms with van der Waals surface area (Å²) in [5.41, 5.74) is 0. The van der Waals surface area contributed by atoms with Crippen LogP contribution in [0.25, 0.3) is 0 Å². The van der Waals surface area contributed by atoms with Gasteiger partial charge in [-0.1, -0.05) is 0 Å². The summed E-state index contributed by atoms with van der Waals surface area (Å²) >= 11 is 0. The molecule has 0 aromatic carbocycles. The van der Waals surface area contributed by atoms with Crippen molar-refractivity contribution in [2.45, 2.75) is 12.8 Å². The van der Waals surface area contributed by atoms with Gasteiger partial charge in [-0.05, 0) is 0 Å². The molecule has 0 aliphatic heterocycles. The Morgan fingerprint density at radius 1 is 1.78 bits per heavy atom. The fourth-order valence-electron chi connectivity index (χ4n) is 0.544. The first-order valence-corrected chi connectivity index (χ1v) is 2.72. The predicted octanol–water partition coefficient (Wildman–Crippen LogP) is -0.0638. The van der Waals surface area contributed by atoms with E-state index in [0.29, 0.717) is 18.7 Å². The molecule has 0 amide bonds. The molecular formula is C5H7N3O. The lowest BCUT2D eigenvalue weighted by molar-refractivity contribution is -0.107. The number of carbonyl (C=O) groups excluding carboxylic acids is 1. The summed E-state index contributed by atoms with van der Waals surface area (Å²) in [6.45, 7) is 0. The second kappa shape index (κ2) is 2.96. The first-order chi connectivity index (χ1) is 4.43. The Labute approximate surface area is 52.3 Å². The number of nitrogens with zero attached hydrogens (tertiary/aromatic N) is 2. The van der Waals surface area contributed by atoms with Gasteiger partial charge < -0.3 is 4.79 Å². The second-order valence-corrected chi connectivity index (χ2v) is 1.62. The zero-order chi connectivity index (χ0) is 6.53. The number of aldehydes is 1. The quantitative estimate of drug-likeness (QED) is 0.575. The van der Waals surface area contributed by atoms with Crippen LogP contribution in [0.3, 0.4) is 0 Å². The van der Waals surface area contributed by atoms with E-state index < -0.39 is 0 Å². The second-order valence-electron chi connectivity index (χ2n) is 1.62. The number of rotatable bonds is 3.